The molecule has 2 aromatic rings. The van der Waals surface area contributed by atoms with Crippen molar-refractivity contribution >= 4 is 11.6 Å². The zero-order valence-corrected chi connectivity index (χ0v) is 14.4. The molecule has 26 heavy (non-hydrogen) atoms. The van der Waals surface area contributed by atoms with Crippen LogP contribution in [-0.2, 0) is 11.0 Å². The van der Waals surface area contributed by atoms with Crippen molar-refractivity contribution in [3.05, 3.63) is 65.5 Å². The van der Waals surface area contributed by atoms with Crippen molar-refractivity contribution in [2.45, 2.75) is 26.1 Å². The largest absolute Gasteiger partial charge is 0.418 e. The molecule has 3 nitrogen and oxygen atoms in total. The van der Waals surface area contributed by atoms with Crippen molar-refractivity contribution in [2.24, 2.45) is 5.92 Å². The van der Waals surface area contributed by atoms with Gasteiger partial charge in [0.1, 0.15) is 5.82 Å². The minimum atomic E-state index is -4.55. The second-order valence-corrected chi connectivity index (χ2v) is 6.25. The first-order valence-electron chi connectivity index (χ1n) is 8.13. The third-order valence-corrected chi connectivity index (χ3v) is 3.88. The normalized spacial score (nSPS) is 12.9. The molecule has 2 aromatic carbocycles. The van der Waals surface area contributed by atoms with E-state index in [2.05, 4.69) is 10.6 Å². The van der Waals surface area contributed by atoms with E-state index in [4.69, 9.17) is 0 Å². The Hall–Kier alpha value is -2.41. The van der Waals surface area contributed by atoms with Gasteiger partial charge in [0.25, 0.3) is 0 Å². The first kappa shape index (κ1) is 19.9. The van der Waals surface area contributed by atoms with E-state index in [0.717, 1.165) is 11.6 Å². The number of benzene rings is 2. The van der Waals surface area contributed by atoms with Gasteiger partial charge in [-0.15, -0.1) is 0 Å². The number of carbonyl (C=O) groups excluding carboxylic acids is 1. The van der Waals surface area contributed by atoms with E-state index >= 15 is 0 Å². The summed E-state index contributed by atoms with van der Waals surface area (Å²) >= 11 is 0. The van der Waals surface area contributed by atoms with Crippen LogP contribution in [0.25, 0.3) is 0 Å². The van der Waals surface area contributed by atoms with Crippen LogP contribution in [-0.4, -0.2) is 12.5 Å². The number of rotatable bonds is 6. The van der Waals surface area contributed by atoms with Gasteiger partial charge in [-0.25, -0.2) is 4.39 Å². The number of hydrogen-bond donors (Lipinski definition) is 2. The summed E-state index contributed by atoms with van der Waals surface area (Å²) in [6, 6.07) is 10.5. The molecule has 0 saturated heterocycles. The lowest BCUT2D eigenvalue weighted by Crippen LogP contribution is -2.34. The predicted octanol–water partition coefficient (Wildman–Crippen LogP) is 4.77. The zero-order valence-electron chi connectivity index (χ0n) is 14.4. The fraction of sp³-hybridized carbons (Fsp3) is 0.316. The molecule has 1 atom stereocenters. The lowest BCUT2D eigenvalue weighted by atomic mass is 9.96. The molecule has 0 heterocycles. The monoisotopic (exact) mass is 368 g/mol. The lowest BCUT2D eigenvalue weighted by Gasteiger charge is -2.23. The summed E-state index contributed by atoms with van der Waals surface area (Å²) in [4.78, 5) is 12.1. The van der Waals surface area contributed by atoms with E-state index in [9.17, 15) is 22.4 Å². The summed E-state index contributed by atoms with van der Waals surface area (Å²) in [7, 11) is 0. The molecule has 2 N–H and O–H groups in total. The summed E-state index contributed by atoms with van der Waals surface area (Å²) in [5.41, 5.74) is -0.383. The molecule has 0 unspecified atom stereocenters. The molecule has 0 spiro atoms. The van der Waals surface area contributed by atoms with Crippen LogP contribution in [0.2, 0.25) is 0 Å². The molecule has 0 fully saturated rings. The summed E-state index contributed by atoms with van der Waals surface area (Å²) in [6.07, 6.45) is -4.55. The second-order valence-electron chi connectivity index (χ2n) is 6.25. The molecule has 0 radical (unpaired) electrons. The van der Waals surface area contributed by atoms with E-state index in [1.807, 2.05) is 13.8 Å². The Morgan fingerprint density at radius 2 is 1.65 bits per heavy atom. The highest BCUT2D eigenvalue weighted by Crippen LogP contribution is 2.34. The quantitative estimate of drug-likeness (QED) is 0.721. The third kappa shape index (κ3) is 5.29. The van der Waals surface area contributed by atoms with Crippen molar-refractivity contribution in [2.75, 3.05) is 11.9 Å². The van der Waals surface area contributed by atoms with Crippen LogP contribution in [0.5, 0.6) is 0 Å². The standard InChI is InChI=1S/C19H20F4N2O/c1-12(2)18(13-7-9-14(20)10-8-13)24-11-17(26)25-16-6-4-3-5-15(16)19(21,22)23/h3-10,12,18,24H,11H2,1-2H3,(H,25,26)/t18-/m0/s1. The van der Waals surface area contributed by atoms with E-state index in [-0.39, 0.29) is 30.0 Å². The average molecular weight is 368 g/mol. The van der Waals surface area contributed by atoms with E-state index in [1.165, 1.54) is 30.3 Å². The molecule has 0 aromatic heterocycles. The Kier molecular flexibility index (Phi) is 6.37. The predicted molar refractivity (Wildman–Crippen MR) is 92.1 cm³/mol. The van der Waals surface area contributed by atoms with E-state index in [0.29, 0.717) is 0 Å². The number of hydrogen-bond acceptors (Lipinski definition) is 2. The molecule has 140 valence electrons. The minimum absolute atomic E-state index is 0.0933. The van der Waals surface area contributed by atoms with Crippen LogP contribution >= 0.6 is 0 Å². The third-order valence-electron chi connectivity index (χ3n) is 3.88. The number of anilines is 1. The van der Waals surface area contributed by atoms with Gasteiger partial charge in [-0.05, 0) is 35.7 Å². The minimum Gasteiger partial charge on any atom is -0.324 e. The van der Waals surface area contributed by atoms with Crippen LogP contribution in [0.4, 0.5) is 23.2 Å². The molecule has 0 bridgehead atoms. The number of halogens is 4. The second kappa shape index (κ2) is 8.31. The van der Waals surface area contributed by atoms with Gasteiger partial charge < -0.3 is 10.6 Å². The van der Waals surface area contributed by atoms with Crippen LogP contribution in [0.15, 0.2) is 48.5 Å². The van der Waals surface area contributed by atoms with Gasteiger partial charge >= 0.3 is 6.18 Å². The van der Waals surface area contributed by atoms with Gasteiger partial charge in [0.05, 0.1) is 17.8 Å². The Bertz CT molecular complexity index is 742. The Balaban J connectivity index is 2.05. The molecule has 0 aliphatic heterocycles. The highest BCUT2D eigenvalue weighted by atomic mass is 19.4. The first-order chi connectivity index (χ1) is 12.2. The van der Waals surface area contributed by atoms with Gasteiger partial charge in [-0.2, -0.15) is 13.2 Å². The zero-order chi connectivity index (χ0) is 19.3. The van der Waals surface area contributed by atoms with Crippen LogP contribution in [0.3, 0.4) is 0 Å². The van der Waals surface area contributed by atoms with E-state index in [1.54, 1.807) is 12.1 Å². The molecule has 0 aliphatic carbocycles. The highest BCUT2D eigenvalue weighted by molar-refractivity contribution is 5.93. The van der Waals surface area contributed by atoms with Crippen LogP contribution in [0, 0.1) is 11.7 Å². The Morgan fingerprint density at radius 3 is 2.23 bits per heavy atom. The molecule has 7 heteroatoms. The molecule has 0 saturated carbocycles. The fourth-order valence-corrected chi connectivity index (χ4v) is 2.64. The van der Waals surface area contributed by atoms with Crippen molar-refractivity contribution < 1.29 is 22.4 Å². The molecule has 1 amide bonds. The van der Waals surface area contributed by atoms with Gasteiger partial charge in [-0.1, -0.05) is 38.1 Å². The molecular weight excluding hydrogens is 348 g/mol. The van der Waals surface area contributed by atoms with E-state index < -0.39 is 17.6 Å². The number of nitrogens with one attached hydrogen (secondary N) is 2. The first-order valence-corrected chi connectivity index (χ1v) is 8.13. The molecule has 0 aliphatic rings. The number of carbonyl (C=O) groups is 1. The maximum atomic E-state index is 13.1. The number of para-hydroxylation sites is 1. The van der Waals surface area contributed by atoms with Gasteiger partial charge in [0.2, 0.25) is 5.91 Å². The number of amides is 1. The smallest absolute Gasteiger partial charge is 0.324 e. The summed E-state index contributed by atoms with van der Waals surface area (Å²) in [6.45, 7) is 3.68. The summed E-state index contributed by atoms with van der Waals surface area (Å²) in [5.74, 6) is -0.858. The molecule has 2 rings (SSSR count). The fourth-order valence-electron chi connectivity index (χ4n) is 2.64. The van der Waals surface area contributed by atoms with Crippen molar-refractivity contribution in [1.82, 2.24) is 5.32 Å². The maximum absolute atomic E-state index is 13.1. The maximum Gasteiger partial charge on any atom is 0.418 e. The van der Waals surface area contributed by atoms with Crippen molar-refractivity contribution in [1.29, 1.82) is 0 Å². The topological polar surface area (TPSA) is 41.1 Å². The summed E-state index contributed by atoms with van der Waals surface area (Å²) in [5, 5.41) is 5.31. The van der Waals surface area contributed by atoms with Gasteiger partial charge in [-0.3, -0.25) is 4.79 Å². The van der Waals surface area contributed by atoms with Crippen molar-refractivity contribution in [3.63, 3.8) is 0 Å². The Morgan fingerprint density at radius 1 is 1.04 bits per heavy atom. The van der Waals surface area contributed by atoms with Crippen molar-refractivity contribution in [3.8, 4) is 0 Å². The van der Waals surface area contributed by atoms with Crippen LogP contribution in [0.1, 0.15) is 31.0 Å². The van der Waals surface area contributed by atoms with Gasteiger partial charge in [0.15, 0.2) is 0 Å². The highest BCUT2D eigenvalue weighted by Gasteiger charge is 2.33. The van der Waals surface area contributed by atoms with Gasteiger partial charge in [0, 0.05) is 6.04 Å². The van der Waals surface area contributed by atoms with Crippen LogP contribution < -0.4 is 10.6 Å². The lowest BCUT2D eigenvalue weighted by molar-refractivity contribution is -0.137. The number of alkyl halides is 3. The SMILES string of the molecule is CC(C)[C@H](NCC(=O)Nc1ccccc1C(F)(F)F)c1ccc(F)cc1. The summed E-state index contributed by atoms with van der Waals surface area (Å²) < 4.78 is 52.0. The Labute approximate surface area is 149 Å². The molecular formula is C19H20F4N2O. The average Bonchev–Trinajstić information content (AvgIpc) is 2.56.